The fraction of sp³-hybridized carbons (Fsp3) is 0. The van der Waals surface area contributed by atoms with Crippen LogP contribution in [0.3, 0.4) is 0 Å². The van der Waals surface area contributed by atoms with E-state index in [0.717, 1.165) is 10.8 Å². The van der Waals surface area contributed by atoms with Crippen LogP contribution in [0, 0.1) is 0 Å². The minimum atomic E-state index is -0.362. The molecule has 12 heavy (non-hydrogen) atoms. The Balaban J connectivity index is 2.82. The molecule has 0 aliphatic carbocycles. The van der Waals surface area contributed by atoms with E-state index < -0.39 is 0 Å². The maximum atomic E-state index is 10.9. The van der Waals surface area contributed by atoms with E-state index in [1.807, 2.05) is 22.9 Å². The van der Waals surface area contributed by atoms with Gasteiger partial charge >= 0.3 is 0 Å². The first-order chi connectivity index (χ1) is 5.79. The fourth-order valence-corrected chi connectivity index (χ4v) is 2.03. The molecule has 0 unspecified atom stereocenters. The second-order valence-electron chi connectivity index (χ2n) is 2.54. The van der Waals surface area contributed by atoms with Crippen molar-refractivity contribution in [2.45, 2.75) is 0 Å². The smallest absolute Gasteiger partial charge is 0.249 e. The number of fused-ring (bicyclic) bond motifs is 1. The summed E-state index contributed by atoms with van der Waals surface area (Å²) in [5.41, 5.74) is 5.81. The molecule has 0 atom stereocenters. The molecule has 60 valence electrons. The molecule has 0 bridgehead atoms. The number of hydrogen-bond donors (Lipinski definition) is 1. The van der Waals surface area contributed by atoms with Gasteiger partial charge in [-0.05, 0) is 22.2 Å². The van der Waals surface area contributed by atoms with E-state index in [1.165, 1.54) is 0 Å². The van der Waals surface area contributed by atoms with E-state index in [0.29, 0.717) is 5.56 Å². The zero-order valence-corrected chi connectivity index (χ0v) is 7.10. The molecule has 2 nitrogen and oxygen atoms in total. The molecule has 2 aromatic rings. The molecule has 2 rings (SSSR count). The van der Waals surface area contributed by atoms with Gasteiger partial charge in [-0.3, -0.25) is 4.79 Å². The summed E-state index contributed by atoms with van der Waals surface area (Å²) in [6.07, 6.45) is 0. The van der Waals surface area contributed by atoms with Gasteiger partial charge in [-0.1, -0.05) is 12.1 Å². The largest absolute Gasteiger partial charge is 0.366 e. The van der Waals surface area contributed by atoms with Gasteiger partial charge in [0, 0.05) is 10.9 Å². The first kappa shape index (κ1) is 7.31. The Labute approximate surface area is 73.6 Å². The summed E-state index contributed by atoms with van der Waals surface area (Å²) in [5.74, 6) is -0.362. The number of thiophene rings is 1. The van der Waals surface area contributed by atoms with Crippen molar-refractivity contribution in [1.82, 2.24) is 0 Å². The summed E-state index contributed by atoms with van der Waals surface area (Å²) in [6, 6.07) is 5.56. The average Bonchev–Trinajstić information content (AvgIpc) is 2.49. The lowest BCUT2D eigenvalue weighted by molar-refractivity contribution is 0.100. The van der Waals surface area contributed by atoms with Crippen LogP contribution in [-0.2, 0) is 0 Å². The predicted molar refractivity (Wildman–Crippen MR) is 50.3 cm³/mol. The van der Waals surface area contributed by atoms with Crippen LogP contribution in [0.4, 0.5) is 0 Å². The Kier molecular flexibility index (Phi) is 1.59. The molecule has 0 spiro atoms. The topological polar surface area (TPSA) is 43.1 Å². The summed E-state index contributed by atoms with van der Waals surface area (Å²) in [6.45, 7) is 0. The van der Waals surface area contributed by atoms with Gasteiger partial charge in [-0.25, -0.2) is 0 Å². The van der Waals surface area contributed by atoms with Crippen LogP contribution in [0.2, 0.25) is 0 Å². The summed E-state index contributed by atoms with van der Waals surface area (Å²) in [5, 5.41) is 5.98. The third-order valence-electron chi connectivity index (χ3n) is 1.79. The van der Waals surface area contributed by atoms with E-state index in [9.17, 15) is 4.79 Å². The van der Waals surface area contributed by atoms with Crippen molar-refractivity contribution in [3.63, 3.8) is 0 Å². The number of carbonyl (C=O) groups is 1. The second kappa shape index (κ2) is 2.60. The number of benzene rings is 1. The number of rotatable bonds is 1. The van der Waals surface area contributed by atoms with Crippen LogP contribution in [0.25, 0.3) is 10.8 Å². The Bertz CT molecular complexity index is 433. The van der Waals surface area contributed by atoms with Crippen molar-refractivity contribution < 1.29 is 4.79 Å². The van der Waals surface area contributed by atoms with E-state index in [-0.39, 0.29) is 5.91 Å². The highest BCUT2D eigenvalue weighted by Crippen LogP contribution is 2.22. The highest BCUT2D eigenvalue weighted by Gasteiger charge is 2.05. The third kappa shape index (κ3) is 0.987. The molecule has 1 heterocycles. The zero-order valence-electron chi connectivity index (χ0n) is 6.28. The lowest BCUT2D eigenvalue weighted by atomic mass is 10.1. The summed E-state index contributed by atoms with van der Waals surface area (Å²) >= 11 is 1.58. The summed E-state index contributed by atoms with van der Waals surface area (Å²) in [7, 11) is 0. The van der Waals surface area contributed by atoms with Gasteiger partial charge in [0.05, 0.1) is 0 Å². The van der Waals surface area contributed by atoms with Gasteiger partial charge in [-0.15, -0.1) is 0 Å². The van der Waals surface area contributed by atoms with E-state index in [1.54, 1.807) is 17.4 Å². The first-order valence-electron chi connectivity index (χ1n) is 3.54. The van der Waals surface area contributed by atoms with Crippen LogP contribution >= 0.6 is 11.3 Å². The van der Waals surface area contributed by atoms with Crippen LogP contribution in [0.1, 0.15) is 10.4 Å². The third-order valence-corrected chi connectivity index (χ3v) is 2.55. The normalized spacial score (nSPS) is 10.3. The van der Waals surface area contributed by atoms with Crippen LogP contribution in [0.5, 0.6) is 0 Å². The minimum Gasteiger partial charge on any atom is -0.366 e. The molecule has 1 aromatic heterocycles. The number of amides is 1. The molecule has 0 aliphatic heterocycles. The average molecular weight is 177 g/mol. The fourth-order valence-electron chi connectivity index (χ4n) is 1.21. The Morgan fingerprint density at radius 2 is 2.17 bits per heavy atom. The number of carbonyl (C=O) groups excluding carboxylic acids is 1. The lowest BCUT2D eigenvalue weighted by Gasteiger charge is -1.95. The quantitative estimate of drug-likeness (QED) is 0.711. The zero-order chi connectivity index (χ0) is 8.55. The van der Waals surface area contributed by atoms with Crippen molar-refractivity contribution in [3.05, 3.63) is 34.5 Å². The molecule has 0 radical (unpaired) electrons. The van der Waals surface area contributed by atoms with Crippen molar-refractivity contribution in [1.29, 1.82) is 0 Å². The molecule has 0 saturated heterocycles. The number of nitrogens with two attached hydrogens (primary N) is 1. The molecule has 0 saturated carbocycles. The molecule has 1 amide bonds. The standard InChI is InChI=1S/C9H7NOS/c10-9(11)7-3-1-2-6-4-12-5-8(6)7/h1-5H,(H2,10,11). The molecule has 0 aliphatic rings. The first-order valence-corrected chi connectivity index (χ1v) is 4.48. The SMILES string of the molecule is NC(=O)c1cccc2cscc12. The van der Waals surface area contributed by atoms with Gasteiger partial charge in [0.15, 0.2) is 0 Å². The molecule has 0 fully saturated rings. The Morgan fingerprint density at radius 3 is 2.92 bits per heavy atom. The second-order valence-corrected chi connectivity index (χ2v) is 3.29. The van der Waals surface area contributed by atoms with Crippen LogP contribution in [0.15, 0.2) is 29.0 Å². The van der Waals surface area contributed by atoms with Crippen LogP contribution < -0.4 is 5.73 Å². The molecular formula is C9H7NOS. The summed E-state index contributed by atoms with van der Waals surface area (Å²) < 4.78 is 0. The maximum Gasteiger partial charge on any atom is 0.249 e. The van der Waals surface area contributed by atoms with Crippen molar-refractivity contribution in [2.24, 2.45) is 5.73 Å². The number of primary amides is 1. The predicted octanol–water partition coefficient (Wildman–Crippen LogP) is 2.00. The lowest BCUT2D eigenvalue weighted by Crippen LogP contribution is -2.10. The monoisotopic (exact) mass is 177 g/mol. The molecular weight excluding hydrogens is 170 g/mol. The van der Waals surface area contributed by atoms with Gasteiger partial charge in [0.1, 0.15) is 0 Å². The highest BCUT2D eigenvalue weighted by molar-refractivity contribution is 7.09. The maximum absolute atomic E-state index is 10.9. The van der Waals surface area contributed by atoms with E-state index in [4.69, 9.17) is 5.73 Å². The molecule has 1 aromatic carbocycles. The van der Waals surface area contributed by atoms with Crippen LogP contribution in [-0.4, -0.2) is 5.91 Å². The summed E-state index contributed by atoms with van der Waals surface area (Å²) in [4.78, 5) is 10.9. The van der Waals surface area contributed by atoms with Gasteiger partial charge in [-0.2, -0.15) is 11.3 Å². The van der Waals surface area contributed by atoms with E-state index in [2.05, 4.69) is 0 Å². The number of hydrogen-bond acceptors (Lipinski definition) is 2. The molecule has 3 heteroatoms. The van der Waals surface area contributed by atoms with Gasteiger partial charge in [0.2, 0.25) is 5.91 Å². The minimum absolute atomic E-state index is 0.362. The van der Waals surface area contributed by atoms with Crippen molar-refractivity contribution >= 4 is 28.0 Å². The van der Waals surface area contributed by atoms with E-state index >= 15 is 0 Å². The Hall–Kier alpha value is -1.35. The Morgan fingerprint density at radius 1 is 1.33 bits per heavy atom. The molecule has 2 N–H and O–H groups in total. The van der Waals surface area contributed by atoms with Crippen molar-refractivity contribution in [3.8, 4) is 0 Å². The van der Waals surface area contributed by atoms with Gasteiger partial charge < -0.3 is 5.73 Å². The van der Waals surface area contributed by atoms with Crippen molar-refractivity contribution in [2.75, 3.05) is 0 Å². The van der Waals surface area contributed by atoms with Gasteiger partial charge in [0.25, 0.3) is 0 Å². The highest BCUT2D eigenvalue weighted by atomic mass is 32.1.